The first-order chi connectivity index (χ1) is 16.2. The predicted octanol–water partition coefficient (Wildman–Crippen LogP) is -0.444. The second-order valence-corrected chi connectivity index (χ2v) is 10.9. The lowest BCUT2D eigenvalue weighted by atomic mass is 10.0. The van der Waals surface area contributed by atoms with Gasteiger partial charge in [0.2, 0.25) is 11.1 Å². The Balaban J connectivity index is 1.42. The van der Waals surface area contributed by atoms with Crippen LogP contribution in [0.1, 0.15) is 11.7 Å². The Morgan fingerprint density at radius 2 is 2.06 bits per heavy atom. The van der Waals surface area contributed by atoms with E-state index in [4.69, 9.17) is 4.55 Å². The quantitative estimate of drug-likeness (QED) is 0.177. The summed E-state index contributed by atoms with van der Waals surface area (Å²) in [6.45, 7) is 0.135. The van der Waals surface area contributed by atoms with E-state index in [-0.39, 0.29) is 23.2 Å². The van der Waals surface area contributed by atoms with Gasteiger partial charge in [0, 0.05) is 18.1 Å². The maximum atomic E-state index is 12.8. The fourth-order valence-corrected chi connectivity index (χ4v) is 6.52. The standard InChI is InChI=1S/C18H20N6O7S3/c25-12(10-4-2-1-3-5-10)6-19-13-15(26)24-14(17(27)28)11(7-32-16(13)24)8-33-18-20-21-22-23(18)9-34(29,30)31/h1-5,12-13,16,19,25H,6-9H2,(H,27,28)(H,29,30,31)/t12?,13?,16-/m0/s1. The fraction of sp³-hybridized carbons (Fsp3) is 0.389. The fourth-order valence-electron chi connectivity index (χ4n) is 3.57. The maximum absolute atomic E-state index is 12.8. The van der Waals surface area contributed by atoms with Crippen LogP contribution in [0.5, 0.6) is 0 Å². The monoisotopic (exact) mass is 528 g/mol. The highest BCUT2D eigenvalue weighted by atomic mass is 32.2. The molecule has 13 nitrogen and oxygen atoms in total. The molecule has 4 rings (SSSR count). The van der Waals surface area contributed by atoms with Crippen molar-refractivity contribution in [3.63, 3.8) is 0 Å². The van der Waals surface area contributed by atoms with E-state index in [2.05, 4.69) is 20.8 Å². The number of nitrogens with one attached hydrogen (secondary N) is 1. The van der Waals surface area contributed by atoms with E-state index in [9.17, 15) is 28.2 Å². The Labute approximate surface area is 202 Å². The van der Waals surface area contributed by atoms with Crippen molar-refractivity contribution in [1.29, 1.82) is 0 Å². The first-order valence-electron chi connectivity index (χ1n) is 9.86. The van der Waals surface area contributed by atoms with Crippen LogP contribution in [0.25, 0.3) is 0 Å². The number of aromatic nitrogens is 4. The zero-order chi connectivity index (χ0) is 24.5. The number of aliphatic carboxylic acids is 1. The van der Waals surface area contributed by atoms with Crippen LogP contribution in [0.2, 0.25) is 0 Å². The molecule has 0 aliphatic carbocycles. The van der Waals surface area contributed by atoms with Crippen LogP contribution >= 0.6 is 23.5 Å². The summed E-state index contributed by atoms with van der Waals surface area (Å²) in [5.41, 5.74) is 1.03. The van der Waals surface area contributed by atoms with E-state index in [1.54, 1.807) is 24.3 Å². The first-order valence-corrected chi connectivity index (χ1v) is 13.5. The molecule has 16 heteroatoms. The molecular formula is C18H20N6O7S3. The average Bonchev–Trinajstić information content (AvgIpc) is 3.22. The summed E-state index contributed by atoms with van der Waals surface area (Å²) in [4.78, 5) is 26.0. The summed E-state index contributed by atoms with van der Waals surface area (Å²) in [5.74, 6) is -2.08. The second-order valence-electron chi connectivity index (χ2n) is 7.44. The maximum Gasteiger partial charge on any atom is 0.352 e. The third-order valence-electron chi connectivity index (χ3n) is 5.13. The lowest BCUT2D eigenvalue weighted by Gasteiger charge is -2.49. The highest BCUT2D eigenvalue weighted by Gasteiger charge is 2.53. The molecule has 2 aliphatic heterocycles. The van der Waals surface area contributed by atoms with Crippen molar-refractivity contribution < 1.29 is 32.8 Å². The number of fused-ring (bicyclic) bond motifs is 1. The van der Waals surface area contributed by atoms with Crippen LogP contribution in [0.3, 0.4) is 0 Å². The molecule has 2 unspecified atom stereocenters. The smallest absolute Gasteiger partial charge is 0.352 e. The molecule has 0 bridgehead atoms. The molecule has 1 aromatic heterocycles. The van der Waals surface area contributed by atoms with E-state index in [0.717, 1.165) is 16.4 Å². The predicted molar refractivity (Wildman–Crippen MR) is 121 cm³/mol. The third-order valence-corrected chi connectivity index (χ3v) is 8.08. The molecule has 4 N–H and O–H groups in total. The molecule has 34 heavy (non-hydrogen) atoms. The van der Waals surface area contributed by atoms with Gasteiger partial charge in [0.05, 0.1) is 6.10 Å². The topological polar surface area (TPSA) is 188 Å². The minimum atomic E-state index is -4.37. The molecule has 1 aromatic carbocycles. The molecule has 2 aromatic rings. The minimum Gasteiger partial charge on any atom is -0.477 e. The number of tetrazole rings is 1. The van der Waals surface area contributed by atoms with Gasteiger partial charge in [-0.1, -0.05) is 42.1 Å². The number of amides is 1. The molecule has 0 spiro atoms. The van der Waals surface area contributed by atoms with Crippen molar-refractivity contribution in [3.8, 4) is 0 Å². The number of carbonyl (C=O) groups excluding carboxylic acids is 1. The number of carboxylic acid groups (broad SMARTS) is 1. The molecule has 0 radical (unpaired) electrons. The van der Waals surface area contributed by atoms with E-state index >= 15 is 0 Å². The normalized spacial score (nSPS) is 21.2. The molecule has 3 atom stereocenters. The largest absolute Gasteiger partial charge is 0.477 e. The number of aliphatic hydroxyl groups is 1. The minimum absolute atomic E-state index is 0.0753. The van der Waals surface area contributed by atoms with Crippen LogP contribution in [-0.2, 0) is 25.6 Å². The zero-order valence-electron chi connectivity index (χ0n) is 17.4. The Morgan fingerprint density at radius 3 is 2.74 bits per heavy atom. The molecule has 1 fully saturated rings. The number of benzene rings is 1. The number of rotatable bonds is 10. The lowest BCUT2D eigenvalue weighted by molar-refractivity contribution is -0.149. The average molecular weight is 529 g/mol. The number of aliphatic hydroxyl groups excluding tert-OH is 1. The van der Waals surface area contributed by atoms with E-state index < -0.39 is 45.4 Å². The van der Waals surface area contributed by atoms with Crippen LogP contribution in [0.15, 0.2) is 46.8 Å². The van der Waals surface area contributed by atoms with Gasteiger partial charge < -0.3 is 15.5 Å². The van der Waals surface area contributed by atoms with Crippen LogP contribution in [-0.4, -0.2) is 89.6 Å². The van der Waals surface area contributed by atoms with Gasteiger partial charge in [-0.05, 0) is 21.6 Å². The Morgan fingerprint density at radius 1 is 1.32 bits per heavy atom. The van der Waals surface area contributed by atoms with Crippen LogP contribution < -0.4 is 5.32 Å². The summed E-state index contributed by atoms with van der Waals surface area (Å²) in [6.07, 6.45) is -0.813. The number of carboxylic acids is 1. The number of carbonyl (C=O) groups is 2. The van der Waals surface area contributed by atoms with Crippen molar-refractivity contribution in [2.24, 2.45) is 0 Å². The molecule has 1 amide bonds. The third kappa shape index (κ3) is 5.26. The number of nitrogens with zero attached hydrogens (tertiary/aromatic N) is 5. The molecule has 2 aliphatic rings. The van der Waals surface area contributed by atoms with Gasteiger partial charge in [-0.25, -0.2) is 9.48 Å². The van der Waals surface area contributed by atoms with E-state index in [1.807, 2.05) is 6.07 Å². The molecule has 1 saturated heterocycles. The van der Waals surface area contributed by atoms with Gasteiger partial charge in [0.1, 0.15) is 17.1 Å². The number of thioether (sulfide) groups is 2. The summed E-state index contributed by atoms with van der Waals surface area (Å²) in [6, 6.07) is 8.36. The van der Waals surface area contributed by atoms with Crippen LogP contribution in [0.4, 0.5) is 0 Å². The summed E-state index contributed by atoms with van der Waals surface area (Å²) in [7, 11) is -4.37. The number of hydrogen-bond donors (Lipinski definition) is 4. The van der Waals surface area contributed by atoms with Gasteiger partial charge in [-0.15, -0.1) is 16.9 Å². The van der Waals surface area contributed by atoms with Crippen molar-refractivity contribution in [1.82, 2.24) is 30.4 Å². The SMILES string of the molecule is O=C(O)C1=C(CSc2nnnn2CS(=O)(=O)O)CS[C@H]2C(NCC(O)c3ccccc3)C(=O)N12. The van der Waals surface area contributed by atoms with Gasteiger partial charge >= 0.3 is 5.97 Å². The highest BCUT2D eigenvalue weighted by molar-refractivity contribution is 8.01. The molecule has 182 valence electrons. The highest BCUT2D eigenvalue weighted by Crippen LogP contribution is 2.41. The summed E-state index contributed by atoms with van der Waals surface area (Å²) in [5, 5.41) is 33.4. The molecular weight excluding hydrogens is 508 g/mol. The van der Waals surface area contributed by atoms with Gasteiger partial charge in [0.15, 0.2) is 5.88 Å². The zero-order valence-corrected chi connectivity index (χ0v) is 19.8. The van der Waals surface area contributed by atoms with Gasteiger partial charge in [0.25, 0.3) is 10.1 Å². The van der Waals surface area contributed by atoms with E-state index in [1.165, 1.54) is 16.7 Å². The van der Waals surface area contributed by atoms with Gasteiger partial charge in [-0.2, -0.15) is 8.42 Å². The van der Waals surface area contributed by atoms with Crippen molar-refractivity contribution >= 4 is 45.5 Å². The molecule has 0 saturated carbocycles. The van der Waals surface area contributed by atoms with Crippen LogP contribution in [0, 0.1) is 0 Å². The lowest BCUT2D eigenvalue weighted by Crippen LogP contribution is -2.70. The van der Waals surface area contributed by atoms with Crippen molar-refractivity contribution in [3.05, 3.63) is 47.2 Å². The van der Waals surface area contributed by atoms with Gasteiger partial charge in [-0.3, -0.25) is 14.2 Å². The van der Waals surface area contributed by atoms with Crippen molar-refractivity contribution in [2.75, 3.05) is 18.1 Å². The Kier molecular flexibility index (Phi) is 7.25. The Bertz CT molecular complexity index is 1220. The number of β-lactam (4-membered cyclic amide) rings is 1. The first kappa shape index (κ1) is 24.6. The second kappa shape index (κ2) is 10.0. The molecule has 3 heterocycles. The number of hydrogen-bond acceptors (Lipinski definition) is 11. The Hall–Kier alpha value is -2.50. The summed E-state index contributed by atoms with van der Waals surface area (Å²) < 4.78 is 32.1. The van der Waals surface area contributed by atoms with Crippen molar-refractivity contribution in [2.45, 2.75) is 28.6 Å². The summed E-state index contributed by atoms with van der Waals surface area (Å²) >= 11 is 2.38. The van der Waals surface area contributed by atoms with E-state index in [0.29, 0.717) is 16.9 Å².